The second kappa shape index (κ2) is 9.39. The number of nitrogens with one attached hydrogen (secondary N) is 2. The Morgan fingerprint density at radius 3 is 2.67 bits per heavy atom. The predicted octanol–water partition coefficient (Wildman–Crippen LogP) is 5.57. The molecule has 8 nitrogen and oxygen atoms in total. The lowest BCUT2D eigenvalue weighted by atomic mass is 9.43. The highest BCUT2D eigenvalue weighted by atomic mass is 32.2. The zero-order valence-corrected chi connectivity index (χ0v) is 23.6. The number of alkyl carbamates (subject to hydrolysis) is 1. The van der Waals surface area contributed by atoms with E-state index in [1.165, 1.54) is 6.26 Å². The standard InChI is InChI=1S/C29H35BN2O6S/c1-28(2)20-14-24(28)29(3)25(15-20)37-30(38-29)26(13-19-17-35-22-11-7-6-10-21(19)22)32-27(33)36-16-18-9-5-8-12-23(18)39(4,31)34/h5-12,17,20,24-26,31H,13-16H2,1-4H3,(H,32,33)/t20-,24-,25+,26-,29-,39?/m0/s1. The van der Waals surface area contributed by atoms with Crippen molar-refractivity contribution in [1.29, 1.82) is 4.78 Å². The van der Waals surface area contributed by atoms with Gasteiger partial charge < -0.3 is 23.8 Å². The van der Waals surface area contributed by atoms with Crippen molar-refractivity contribution in [2.24, 2.45) is 17.3 Å². The summed E-state index contributed by atoms with van der Waals surface area (Å²) in [5.74, 6) is 0.484. The molecule has 4 aliphatic rings. The molecule has 2 N–H and O–H groups in total. The summed E-state index contributed by atoms with van der Waals surface area (Å²) < 4.78 is 44.9. The zero-order chi connectivity index (χ0) is 27.6. The molecule has 1 saturated heterocycles. The van der Waals surface area contributed by atoms with Crippen LogP contribution in [0.3, 0.4) is 0 Å². The van der Waals surface area contributed by atoms with Crippen LogP contribution in [0.15, 0.2) is 64.1 Å². The zero-order valence-electron chi connectivity index (χ0n) is 22.8. The largest absolute Gasteiger partial charge is 0.482 e. The second-order valence-electron chi connectivity index (χ2n) is 12.1. The minimum absolute atomic E-state index is 0.0256. The Balaban J connectivity index is 1.23. The van der Waals surface area contributed by atoms with Crippen LogP contribution in [0.1, 0.15) is 44.7 Å². The molecule has 1 unspecified atom stereocenters. The predicted molar refractivity (Wildman–Crippen MR) is 149 cm³/mol. The summed E-state index contributed by atoms with van der Waals surface area (Å²) in [6.07, 6.45) is 4.94. The highest BCUT2D eigenvalue weighted by Gasteiger charge is 2.68. The Labute approximate surface area is 229 Å². The van der Waals surface area contributed by atoms with Crippen molar-refractivity contribution in [3.8, 4) is 0 Å². The minimum Gasteiger partial charge on any atom is -0.464 e. The van der Waals surface area contributed by atoms with Crippen molar-refractivity contribution in [3.05, 3.63) is 65.9 Å². The summed E-state index contributed by atoms with van der Waals surface area (Å²) in [7, 11) is -3.61. The molecule has 6 atom stereocenters. The van der Waals surface area contributed by atoms with Gasteiger partial charge in [-0.3, -0.25) is 0 Å². The lowest BCUT2D eigenvalue weighted by Crippen LogP contribution is -2.65. The summed E-state index contributed by atoms with van der Waals surface area (Å²) >= 11 is 0. The molecule has 7 rings (SSSR count). The molecular weight excluding hydrogens is 515 g/mol. The molecule has 0 radical (unpaired) electrons. The van der Waals surface area contributed by atoms with Gasteiger partial charge in [0.2, 0.25) is 0 Å². The number of carbonyl (C=O) groups excluding carboxylic acids is 1. The number of fused-ring (bicyclic) bond motifs is 1. The van der Waals surface area contributed by atoms with Gasteiger partial charge in [0.05, 0.1) is 38.5 Å². The number of rotatable bonds is 7. The lowest BCUT2D eigenvalue weighted by Gasteiger charge is -2.64. The molecule has 1 amide bonds. The van der Waals surface area contributed by atoms with Gasteiger partial charge in [-0.15, -0.1) is 0 Å². The Hall–Kier alpha value is -2.82. The first-order chi connectivity index (χ1) is 18.5. The maximum atomic E-state index is 13.1. The third-order valence-corrected chi connectivity index (χ3v) is 10.6. The van der Waals surface area contributed by atoms with Gasteiger partial charge in [-0.1, -0.05) is 50.2 Å². The third-order valence-electron chi connectivity index (χ3n) is 9.35. The monoisotopic (exact) mass is 550 g/mol. The third kappa shape index (κ3) is 4.56. The van der Waals surface area contributed by atoms with Crippen LogP contribution in [0.25, 0.3) is 11.0 Å². The van der Waals surface area contributed by atoms with Gasteiger partial charge in [0.25, 0.3) is 0 Å². The number of carbonyl (C=O) groups is 1. The van der Waals surface area contributed by atoms with Crippen LogP contribution in [0.4, 0.5) is 4.79 Å². The summed E-state index contributed by atoms with van der Waals surface area (Å²) in [5, 5.41) is 3.97. The molecule has 3 saturated carbocycles. The van der Waals surface area contributed by atoms with Gasteiger partial charge in [0.15, 0.2) is 0 Å². The van der Waals surface area contributed by atoms with E-state index in [1.807, 2.05) is 24.3 Å². The number of ether oxygens (including phenoxy) is 1. The highest BCUT2D eigenvalue weighted by molar-refractivity contribution is 7.91. The first-order valence-corrected chi connectivity index (χ1v) is 15.5. The molecule has 2 bridgehead atoms. The fraction of sp³-hybridized carbons (Fsp3) is 0.483. The number of para-hydroxylation sites is 1. The summed E-state index contributed by atoms with van der Waals surface area (Å²) in [6, 6.07) is 14.6. The van der Waals surface area contributed by atoms with Crippen LogP contribution in [-0.2, 0) is 36.8 Å². The summed E-state index contributed by atoms with van der Waals surface area (Å²) in [4.78, 5) is 13.5. The van der Waals surface area contributed by atoms with Crippen LogP contribution in [0.2, 0.25) is 0 Å². The van der Waals surface area contributed by atoms with E-state index in [9.17, 15) is 9.00 Å². The summed E-state index contributed by atoms with van der Waals surface area (Å²) in [5.41, 5.74) is 2.05. The molecule has 3 aromatic rings. The quantitative estimate of drug-likeness (QED) is 0.372. The van der Waals surface area contributed by atoms with Crippen LogP contribution in [0.5, 0.6) is 0 Å². The molecule has 1 aliphatic heterocycles. The first kappa shape index (κ1) is 26.4. The highest BCUT2D eigenvalue weighted by Crippen LogP contribution is 2.65. The van der Waals surface area contributed by atoms with E-state index < -0.39 is 34.5 Å². The van der Waals surface area contributed by atoms with E-state index in [-0.39, 0.29) is 18.1 Å². The molecule has 0 spiro atoms. The number of hydrogen-bond donors (Lipinski definition) is 2. The molecule has 39 heavy (non-hydrogen) atoms. The summed E-state index contributed by atoms with van der Waals surface area (Å²) in [6.45, 7) is 6.69. The van der Waals surface area contributed by atoms with Crippen molar-refractivity contribution in [3.63, 3.8) is 0 Å². The van der Waals surface area contributed by atoms with Gasteiger partial charge in [-0.25, -0.2) is 13.8 Å². The molecule has 3 aliphatic carbocycles. The fourth-order valence-corrected chi connectivity index (χ4v) is 8.02. The normalized spacial score (nSPS) is 29.2. The van der Waals surface area contributed by atoms with Crippen LogP contribution < -0.4 is 5.32 Å². The van der Waals surface area contributed by atoms with Crippen molar-refractivity contribution in [2.75, 3.05) is 6.26 Å². The second-order valence-corrected chi connectivity index (χ2v) is 14.2. The van der Waals surface area contributed by atoms with Crippen molar-refractivity contribution in [2.45, 2.75) is 69.2 Å². The molecule has 4 fully saturated rings. The van der Waals surface area contributed by atoms with Gasteiger partial charge in [-0.05, 0) is 61.1 Å². The Morgan fingerprint density at radius 1 is 1.15 bits per heavy atom. The Morgan fingerprint density at radius 2 is 1.90 bits per heavy atom. The van der Waals surface area contributed by atoms with Crippen molar-refractivity contribution >= 4 is 33.9 Å². The number of hydrogen-bond acceptors (Lipinski definition) is 7. The average Bonchev–Trinajstić information content (AvgIpc) is 3.47. The van der Waals surface area contributed by atoms with Gasteiger partial charge in [0, 0.05) is 17.2 Å². The molecule has 2 aromatic carbocycles. The molecule has 206 valence electrons. The van der Waals surface area contributed by atoms with Gasteiger partial charge in [-0.2, -0.15) is 0 Å². The molecule has 1 aromatic heterocycles. The van der Waals surface area contributed by atoms with Crippen LogP contribution in [-0.4, -0.2) is 41.3 Å². The van der Waals surface area contributed by atoms with Crippen molar-refractivity contribution < 1.29 is 27.5 Å². The van der Waals surface area contributed by atoms with E-state index in [4.69, 9.17) is 23.2 Å². The van der Waals surface area contributed by atoms with E-state index in [0.29, 0.717) is 28.7 Å². The van der Waals surface area contributed by atoms with Crippen molar-refractivity contribution in [1.82, 2.24) is 5.32 Å². The molecule has 2 heterocycles. The SMILES string of the molecule is CC1(C)[C@@H]2C[C@H]3OB([C@H](Cc4coc5ccccc45)NC(=O)OCc4ccccc4S(C)(=N)=O)O[C@@]3(C)[C@H]1C2. The number of benzene rings is 2. The first-order valence-electron chi connectivity index (χ1n) is 13.5. The van der Waals surface area contributed by atoms with Crippen LogP contribution >= 0.6 is 0 Å². The van der Waals surface area contributed by atoms with E-state index in [2.05, 4.69) is 26.1 Å². The average molecular weight is 550 g/mol. The molecule has 10 heteroatoms. The van der Waals surface area contributed by atoms with E-state index in [1.54, 1.807) is 30.5 Å². The number of furan rings is 1. The topological polar surface area (TPSA) is 111 Å². The van der Waals surface area contributed by atoms with Crippen LogP contribution in [0, 0.1) is 22.0 Å². The fourth-order valence-electron chi connectivity index (χ4n) is 7.05. The maximum absolute atomic E-state index is 13.1. The van der Waals surface area contributed by atoms with E-state index in [0.717, 1.165) is 29.4 Å². The maximum Gasteiger partial charge on any atom is 0.482 e. The van der Waals surface area contributed by atoms with Gasteiger partial charge in [0.1, 0.15) is 12.2 Å². The Bertz CT molecular complexity index is 1520. The molecular formula is C29H35BN2O6S. The lowest BCUT2D eigenvalue weighted by molar-refractivity contribution is -0.199. The van der Waals surface area contributed by atoms with E-state index >= 15 is 0 Å². The number of amides is 1. The smallest absolute Gasteiger partial charge is 0.464 e. The minimum atomic E-state index is -2.96. The Kier molecular flexibility index (Phi) is 6.36. The van der Waals surface area contributed by atoms with Gasteiger partial charge >= 0.3 is 13.2 Å².